The molecular formula is C16H15N3O2S. The molecule has 0 amide bonds. The second kappa shape index (κ2) is 5.44. The Morgan fingerprint density at radius 3 is 2.55 bits per heavy atom. The van der Waals surface area contributed by atoms with E-state index >= 15 is 0 Å². The number of hydrogen-bond donors (Lipinski definition) is 1. The lowest BCUT2D eigenvalue weighted by Crippen LogP contribution is -2.19. The molecule has 0 aliphatic carbocycles. The Bertz CT molecular complexity index is 852. The van der Waals surface area contributed by atoms with E-state index in [-0.39, 0.29) is 4.90 Å². The molecule has 0 spiro atoms. The second-order valence-electron chi connectivity index (χ2n) is 5.32. The van der Waals surface area contributed by atoms with Crippen molar-refractivity contribution in [3.63, 3.8) is 0 Å². The Labute approximate surface area is 129 Å². The minimum atomic E-state index is -3.66. The van der Waals surface area contributed by atoms with E-state index in [0.717, 1.165) is 36.3 Å². The predicted octanol–water partition coefficient (Wildman–Crippen LogP) is 1.77. The number of primary sulfonamides is 1. The van der Waals surface area contributed by atoms with Crippen molar-refractivity contribution >= 4 is 15.7 Å². The van der Waals surface area contributed by atoms with Gasteiger partial charge in [-0.25, -0.2) is 13.6 Å². The molecule has 0 radical (unpaired) electrons. The van der Waals surface area contributed by atoms with Crippen LogP contribution >= 0.6 is 0 Å². The number of nitriles is 1. The highest BCUT2D eigenvalue weighted by molar-refractivity contribution is 7.89. The number of anilines is 1. The van der Waals surface area contributed by atoms with Gasteiger partial charge in [0.1, 0.15) is 0 Å². The Balaban J connectivity index is 1.84. The van der Waals surface area contributed by atoms with Crippen molar-refractivity contribution < 1.29 is 8.42 Å². The van der Waals surface area contributed by atoms with Crippen LogP contribution in [0, 0.1) is 11.3 Å². The normalized spacial score (nSPS) is 13.7. The third kappa shape index (κ3) is 2.82. The van der Waals surface area contributed by atoms with Crippen LogP contribution in [0.5, 0.6) is 0 Å². The Hall–Kier alpha value is -2.36. The smallest absolute Gasteiger partial charge is 0.238 e. The third-order valence-corrected chi connectivity index (χ3v) is 4.74. The summed E-state index contributed by atoms with van der Waals surface area (Å²) in [5.74, 6) is 0. The molecule has 0 unspecified atom stereocenters. The molecule has 0 atom stereocenters. The summed E-state index contributed by atoms with van der Waals surface area (Å²) in [6.07, 6.45) is 0.801. The molecule has 112 valence electrons. The van der Waals surface area contributed by atoms with E-state index in [1.807, 2.05) is 18.2 Å². The molecule has 0 saturated carbocycles. The summed E-state index contributed by atoms with van der Waals surface area (Å²) in [5.41, 5.74) is 3.79. The molecule has 0 saturated heterocycles. The molecule has 1 heterocycles. The SMILES string of the molecule is N#Cc1ccc(CN2CCc3cc(S(N)(=O)=O)ccc32)cc1. The summed E-state index contributed by atoms with van der Waals surface area (Å²) < 4.78 is 22.8. The van der Waals surface area contributed by atoms with E-state index in [9.17, 15) is 8.42 Å². The molecular weight excluding hydrogens is 298 g/mol. The van der Waals surface area contributed by atoms with E-state index in [2.05, 4.69) is 11.0 Å². The molecule has 0 aromatic heterocycles. The van der Waals surface area contributed by atoms with Crippen molar-refractivity contribution in [1.29, 1.82) is 5.26 Å². The molecule has 2 aromatic carbocycles. The first-order valence-electron chi connectivity index (χ1n) is 6.87. The topological polar surface area (TPSA) is 87.2 Å². The molecule has 5 nitrogen and oxygen atoms in total. The van der Waals surface area contributed by atoms with Crippen LogP contribution in [0.4, 0.5) is 5.69 Å². The Kier molecular flexibility index (Phi) is 3.61. The minimum absolute atomic E-state index is 0.159. The van der Waals surface area contributed by atoms with Crippen LogP contribution < -0.4 is 10.0 Å². The summed E-state index contributed by atoms with van der Waals surface area (Å²) >= 11 is 0. The lowest BCUT2D eigenvalue weighted by atomic mass is 10.1. The fraction of sp³-hybridized carbons (Fsp3) is 0.188. The van der Waals surface area contributed by atoms with Gasteiger partial charge in [0.25, 0.3) is 0 Å². The zero-order chi connectivity index (χ0) is 15.7. The summed E-state index contributed by atoms with van der Waals surface area (Å²) in [5, 5.41) is 14.0. The van der Waals surface area contributed by atoms with Gasteiger partial charge in [0.2, 0.25) is 10.0 Å². The fourth-order valence-electron chi connectivity index (χ4n) is 2.69. The van der Waals surface area contributed by atoms with Gasteiger partial charge in [-0.2, -0.15) is 5.26 Å². The number of benzene rings is 2. The van der Waals surface area contributed by atoms with Gasteiger partial charge in [0, 0.05) is 18.8 Å². The van der Waals surface area contributed by atoms with E-state index in [0.29, 0.717) is 5.56 Å². The maximum Gasteiger partial charge on any atom is 0.238 e. The lowest BCUT2D eigenvalue weighted by molar-refractivity contribution is 0.597. The molecule has 6 heteroatoms. The number of sulfonamides is 1. The van der Waals surface area contributed by atoms with Crippen LogP contribution in [-0.2, 0) is 23.0 Å². The molecule has 1 aliphatic rings. The van der Waals surface area contributed by atoms with Crippen LogP contribution in [0.15, 0.2) is 47.4 Å². The predicted molar refractivity (Wildman–Crippen MR) is 83.7 cm³/mol. The molecule has 0 bridgehead atoms. The van der Waals surface area contributed by atoms with Gasteiger partial charge in [-0.1, -0.05) is 12.1 Å². The standard InChI is InChI=1S/C16H15N3O2S/c17-10-12-1-3-13(4-2-12)11-19-8-7-14-9-15(22(18,20)21)5-6-16(14)19/h1-6,9H,7-8,11H2,(H2,18,20,21). The average molecular weight is 313 g/mol. The minimum Gasteiger partial charge on any atom is -0.367 e. The third-order valence-electron chi connectivity index (χ3n) is 3.83. The largest absolute Gasteiger partial charge is 0.367 e. The van der Waals surface area contributed by atoms with Gasteiger partial charge >= 0.3 is 0 Å². The van der Waals surface area contributed by atoms with Gasteiger partial charge in [0.15, 0.2) is 0 Å². The van der Waals surface area contributed by atoms with Crippen LogP contribution in [0.3, 0.4) is 0 Å². The summed E-state index contributed by atoms with van der Waals surface area (Å²) in [7, 11) is -3.66. The van der Waals surface area contributed by atoms with Crippen molar-refractivity contribution in [3.05, 3.63) is 59.2 Å². The number of fused-ring (bicyclic) bond motifs is 1. The highest BCUT2D eigenvalue weighted by atomic mass is 32.2. The zero-order valence-electron chi connectivity index (χ0n) is 11.9. The first-order chi connectivity index (χ1) is 10.5. The lowest BCUT2D eigenvalue weighted by Gasteiger charge is -2.19. The van der Waals surface area contributed by atoms with Crippen LogP contribution in [-0.4, -0.2) is 15.0 Å². The zero-order valence-corrected chi connectivity index (χ0v) is 12.7. The van der Waals surface area contributed by atoms with E-state index < -0.39 is 10.0 Å². The Morgan fingerprint density at radius 2 is 1.91 bits per heavy atom. The molecule has 2 N–H and O–H groups in total. The first kappa shape index (κ1) is 14.6. The molecule has 3 rings (SSSR count). The first-order valence-corrected chi connectivity index (χ1v) is 8.42. The highest BCUT2D eigenvalue weighted by Crippen LogP contribution is 2.31. The van der Waals surface area contributed by atoms with Crippen LogP contribution in [0.25, 0.3) is 0 Å². The highest BCUT2D eigenvalue weighted by Gasteiger charge is 2.21. The summed E-state index contributed by atoms with van der Waals surface area (Å²) in [4.78, 5) is 2.36. The summed E-state index contributed by atoms with van der Waals surface area (Å²) in [6.45, 7) is 1.57. The average Bonchev–Trinajstić information content (AvgIpc) is 2.89. The number of hydrogen-bond acceptors (Lipinski definition) is 4. The van der Waals surface area contributed by atoms with Crippen molar-refractivity contribution in [2.24, 2.45) is 5.14 Å². The van der Waals surface area contributed by atoms with E-state index in [4.69, 9.17) is 10.4 Å². The van der Waals surface area contributed by atoms with Crippen molar-refractivity contribution in [3.8, 4) is 6.07 Å². The molecule has 1 aliphatic heterocycles. The van der Waals surface area contributed by atoms with E-state index in [1.165, 1.54) is 0 Å². The van der Waals surface area contributed by atoms with Crippen molar-refractivity contribution in [1.82, 2.24) is 0 Å². The van der Waals surface area contributed by atoms with E-state index in [1.54, 1.807) is 24.3 Å². The van der Waals surface area contributed by atoms with Gasteiger partial charge < -0.3 is 4.90 Å². The molecule has 0 fully saturated rings. The maximum atomic E-state index is 11.4. The van der Waals surface area contributed by atoms with Crippen molar-refractivity contribution in [2.45, 2.75) is 17.9 Å². The molecule has 2 aromatic rings. The Morgan fingerprint density at radius 1 is 1.18 bits per heavy atom. The molecule has 22 heavy (non-hydrogen) atoms. The fourth-order valence-corrected chi connectivity index (χ4v) is 3.26. The van der Waals surface area contributed by atoms with Gasteiger partial charge in [-0.05, 0) is 47.9 Å². The number of rotatable bonds is 3. The number of nitrogens with zero attached hydrogens (tertiary/aromatic N) is 2. The summed E-state index contributed by atoms with van der Waals surface area (Å²) in [6, 6.07) is 14.6. The van der Waals surface area contributed by atoms with Gasteiger partial charge in [-0.15, -0.1) is 0 Å². The van der Waals surface area contributed by atoms with Gasteiger partial charge in [-0.3, -0.25) is 0 Å². The monoisotopic (exact) mass is 313 g/mol. The van der Waals surface area contributed by atoms with Crippen LogP contribution in [0.1, 0.15) is 16.7 Å². The second-order valence-corrected chi connectivity index (χ2v) is 6.88. The number of nitrogens with two attached hydrogens (primary N) is 1. The van der Waals surface area contributed by atoms with Gasteiger partial charge in [0.05, 0.1) is 16.5 Å². The quantitative estimate of drug-likeness (QED) is 0.935. The maximum absolute atomic E-state index is 11.4. The van der Waals surface area contributed by atoms with Crippen molar-refractivity contribution in [2.75, 3.05) is 11.4 Å². The van der Waals surface area contributed by atoms with Crippen LogP contribution in [0.2, 0.25) is 0 Å².